The Morgan fingerprint density at radius 3 is 2.56 bits per heavy atom. The minimum Gasteiger partial charge on any atom is -0.490 e. The molecule has 0 amide bonds. The molecule has 3 rings (SSSR count). The predicted molar refractivity (Wildman–Crippen MR) is 126 cm³/mol. The van der Waals surface area contributed by atoms with Gasteiger partial charge in [0.05, 0.1) is 0 Å². The number of hydrogen-bond donors (Lipinski definition) is 2. The van der Waals surface area contributed by atoms with Crippen LogP contribution in [0.25, 0.3) is 22.8 Å². The van der Waals surface area contributed by atoms with E-state index in [0.29, 0.717) is 17.6 Å². The third-order valence-electron chi connectivity index (χ3n) is 5.12. The molecule has 0 aliphatic rings. The molecule has 2 heterocycles. The Hall–Kier alpha value is -2.77. The Bertz CT molecular complexity index is 1050. The molecule has 0 aliphatic heterocycles. The van der Waals surface area contributed by atoms with Crippen LogP contribution in [0, 0.1) is 19.8 Å². The van der Waals surface area contributed by atoms with Gasteiger partial charge < -0.3 is 20.1 Å². The molecule has 0 unspecified atom stereocenters. The fraction of sp³-hybridized carbons (Fsp3) is 0.480. The van der Waals surface area contributed by atoms with Crippen LogP contribution in [0.15, 0.2) is 28.8 Å². The van der Waals surface area contributed by atoms with Gasteiger partial charge in [-0.15, -0.1) is 0 Å². The van der Waals surface area contributed by atoms with Crippen molar-refractivity contribution in [2.75, 3.05) is 13.2 Å². The van der Waals surface area contributed by atoms with Crippen molar-refractivity contribution in [3.05, 3.63) is 46.8 Å². The summed E-state index contributed by atoms with van der Waals surface area (Å²) in [7, 11) is 0. The molecular weight excluding hydrogens is 404 g/mol. The molecule has 0 saturated heterocycles. The highest BCUT2D eigenvalue weighted by Crippen LogP contribution is 2.32. The van der Waals surface area contributed by atoms with Crippen LogP contribution < -0.4 is 10.5 Å². The number of benzene rings is 1. The monoisotopic (exact) mass is 438 g/mol. The smallest absolute Gasteiger partial charge is 0.258 e. The zero-order valence-corrected chi connectivity index (χ0v) is 19.7. The number of hydrogen-bond acceptors (Lipinski definition) is 7. The van der Waals surface area contributed by atoms with E-state index in [1.807, 2.05) is 38.1 Å². The summed E-state index contributed by atoms with van der Waals surface area (Å²) in [5.74, 6) is 2.32. The number of ether oxygens (including phenoxy) is 1. The lowest BCUT2D eigenvalue weighted by molar-refractivity contribution is 0.113. The first-order chi connectivity index (χ1) is 15.3. The maximum atomic E-state index is 9.77. The lowest BCUT2D eigenvalue weighted by Gasteiger charge is -2.17. The van der Waals surface area contributed by atoms with Gasteiger partial charge in [0.15, 0.2) is 0 Å². The lowest BCUT2D eigenvalue weighted by atomic mass is 10.0. The van der Waals surface area contributed by atoms with Gasteiger partial charge in [-0.1, -0.05) is 32.3 Å². The normalized spacial score (nSPS) is 12.4. The van der Waals surface area contributed by atoms with Gasteiger partial charge in [0.25, 0.3) is 5.89 Å². The molecule has 172 valence electrons. The molecule has 0 aliphatic carbocycles. The second kappa shape index (κ2) is 10.7. The van der Waals surface area contributed by atoms with Crippen LogP contribution in [-0.4, -0.2) is 39.5 Å². The molecular formula is C25H34N4O3. The van der Waals surface area contributed by atoms with Gasteiger partial charge in [0.1, 0.15) is 18.5 Å². The molecule has 3 aromatic rings. The number of rotatable bonds is 10. The standard InChI is InChI=1S/C25H34N4O3/c1-6-7-18-11-19(9-16(4)23(18)31-14-22(30)13-26)24-28-25(32-29-24)20-10-17(5)27-21(12-20)8-15(2)3/h9-12,15,22,30H,6-8,13-14,26H2,1-5H3/t22-/m0/s1. The third kappa shape index (κ3) is 5.93. The number of aliphatic hydroxyl groups excluding tert-OH is 1. The number of aryl methyl sites for hydroxylation is 3. The van der Waals surface area contributed by atoms with Gasteiger partial charge in [-0.2, -0.15) is 4.98 Å². The quantitative estimate of drug-likeness (QED) is 0.487. The molecule has 0 radical (unpaired) electrons. The van der Waals surface area contributed by atoms with Crippen molar-refractivity contribution in [3.8, 4) is 28.6 Å². The van der Waals surface area contributed by atoms with Crippen LogP contribution in [0.2, 0.25) is 0 Å². The van der Waals surface area contributed by atoms with Gasteiger partial charge >= 0.3 is 0 Å². The van der Waals surface area contributed by atoms with Crippen molar-refractivity contribution in [1.29, 1.82) is 0 Å². The highest BCUT2D eigenvalue weighted by atomic mass is 16.5. The third-order valence-corrected chi connectivity index (χ3v) is 5.12. The van der Waals surface area contributed by atoms with E-state index in [2.05, 4.69) is 35.9 Å². The molecule has 7 nitrogen and oxygen atoms in total. The molecule has 0 saturated carbocycles. The van der Waals surface area contributed by atoms with Crippen LogP contribution >= 0.6 is 0 Å². The fourth-order valence-electron chi connectivity index (χ4n) is 3.73. The largest absolute Gasteiger partial charge is 0.490 e. The van der Waals surface area contributed by atoms with Crippen LogP contribution in [0.4, 0.5) is 0 Å². The molecule has 7 heteroatoms. The number of aliphatic hydroxyl groups is 1. The van der Waals surface area contributed by atoms with Crippen LogP contribution in [-0.2, 0) is 12.8 Å². The molecule has 0 bridgehead atoms. The molecule has 1 aromatic carbocycles. The highest BCUT2D eigenvalue weighted by molar-refractivity contribution is 5.64. The first-order valence-electron chi connectivity index (χ1n) is 11.3. The summed E-state index contributed by atoms with van der Waals surface area (Å²) >= 11 is 0. The van der Waals surface area contributed by atoms with Gasteiger partial charge in [0, 0.05) is 29.1 Å². The zero-order chi connectivity index (χ0) is 23.3. The molecule has 0 spiro atoms. The Morgan fingerprint density at radius 1 is 1.09 bits per heavy atom. The summed E-state index contributed by atoms with van der Waals surface area (Å²) < 4.78 is 11.5. The van der Waals surface area contributed by atoms with Gasteiger partial charge in [-0.3, -0.25) is 4.98 Å². The molecule has 0 fully saturated rings. The molecule has 2 aromatic heterocycles. The predicted octanol–water partition coefficient (Wildman–Crippen LogP) is 4.26. The van der Waals surface area contributed by atoms with E-state index in [0.717, 1.165) is 58.7 Å². The number of nitrogens with two attached hydrogens (primary N) is 1. The number of pyridine rings is 1. The highest BCUT2D eigenvalue weighted by Gasteiger charge is 2.17. The van der Waals surface area contributed by atoms with Crippen molar-refractivity contribution in [2.45, 2.75) is 60.0 Å². The van der Waals surface area contributed by atoms with Crippen molar-refractivity contribution < 1.29 is 14.4 Å². The van der Waals surface area contributed by atoms with Gasteiger partial charge in [0.2, 0.25) is 5.82 Å². The Balaban J connectivity index is 1.92. The Morgan fingerprint density at radius 2 is 1.88 bits per heavy atom. The minimum atomic E-state index is -0.687. The van der Waals surface area contributed by atoms with E-state index in [1.165, 1.54) is 0 Å². The van der Waals surface area contributed by atoms with Crippen LogP contribution in [0.5, 0.6) is 5.75 Å². The van der Waals surface area contributed by atoms with Crippen molar-refractivity contribution in [3.63, 3.8) is 0 Å². The topological polar surface area (TPSA) is 107 Å². The average Bonchev–Trinajstić information content (AvgIpc) is 3.22. The van der Waals surface area contributed by atoms with E-state index >= 15 is 0 Å². The van der Waals surface area contributed by atoms with Crippen molar-refractivity contribution in [2.24, 2.45) is 11.7 Å². The maximum absolute atomic E-state index is 9.77. The van der Waals surface area contributed by atoms with Gasteiger partial charge in [-0.05, 0) is 68.0 Å². The first-order valence-corrected chi connectivity index (χ1v) is 11.3. The zero-order valence-electron chi connectivity index (χ0n) is 19.7. The minimum absolute atomic E-state index is 0.166. The number of aromatic nitrogens is 3. The van der Waals surface area contributed by atoms with Crippen LogP contribution in [0.3, 0.4) is 0 Å². The summed E-state index contributed by atoms with van der Waals surface area (Å²) in [6.07, 6.45) is 2.02. The second-order valence-electron chi connectivity index (χ2n) is 8.74. The van der Waals surface area contributed by atoms with Crippen LogP contribution in [0.1, 0.15) is 49.7 Å². The molecule has 3 N–H and O–H groups in total. The Kier molecular flexibility index (Phi) is 7.99. The average molecular weight is 439 g/mol. The van der Waals surface area contributed by atoms with E-state index in [9.17, 15) is 5.11 Å². The van der Waals surface area contributed by atoms with Gasteiger partial charge in [-0.25, -0.2) is 0 Å². The lowest BCUT2D eigenvalue weighted by Crippen LogP contribution is -2.27. The van der Waals surface area contributed by atoms with E-state index < -0.39 is 6.10 Å². The molecule has 32 heavy (non-hydrogen) atoms. The van der Waals surface area contributed by atoms with Crippen molar-refractivity contribution in [1.82, 2.24) is 15.1 Å². The summed E-state index contributed by atoms with van der Waals surface area (Å²) in [5, 5.41) is 14.0. The maximum Gasteiger partial charge on any atom is 0.258 e. The second-order valence-corrected chi connectivity index (χ2v) is 8.74. The van der Waals surface area contributed by atoms with E-state index in [-0.39, 0.29) is 13.2 Å². The summed E-state index contributed by atoms with van der Waals surface area (Å²) in [6.45, 7) is 10.8. The first kappa shape index (κ1) is 23.9. The fourth-order valence-corrected chi connectivity index (χ4v) is 3.73. The summed E-state index contributed by atoms with van der Waals surface area (Å²) in [6, 6.07) is 8.02. The van der Waals surface area contributed by atoms with E-state index in [4.69, 9.17) is 15.0 Å². The SMILES string of the molecule is CCCc1cc(-c2noc(-c3cc(C)nc(CC(C)C)c3)n2)cc(C)c1OC[C@@H](O)CN. The molecule has 1 atom stereocenters. The Labute approximate surface area is 190 Å². The van der Waals surface area contributed by atoms with E-state index in [1.54, 1.807) is 0 Å². The van der Waals surface area contributed by atoms with Crippen molar-refractivity contribution >= 4 is 0 Å². The summed E-state index contributed by atoms with van der Waals surface area (Å²) in [4.78, 5) is 9.29. The number of nitrogens with zero attached hydrogens (tertiary/aromatic N) is 3. The summed E-state index contributed by atoms with van der Waals surface area (Å²) in [5.41, 5.74) is 11.2.